The molecule has 0 radical (unpaired) electrons. The molecule has 5 heteroatoms. The fraction of sp³-hybridized carbons (Fsp3) is 0.667. The van der Waals surface area contributed by atoms with Gasteiger partial charge in [-0.3, -0.25) is 4.98 Å². The summed E-state index contributed by atoms with van der Waals surface area (Å²) in [5.41, 5.74) is -0.398. The highest BCUT2D eigenvalue weighted by Crippen LogP contribution is 2.30. The Morgan fingerprint density at radius 1 is 1.21 bits per heavy atom. The van der Waals surface area contributed by atoms with Gasteiger partial charge in [0, 0.05) is 5.92 Å². The SMILES string of the molecule is O=c1nc(Cl)nc(C2CCCCC2)[nH]1. The average Bonchev–Trinajstić information content (AvgIpc) is 2.18. The van der Waals surface area contributed by atoms with Crippen LogP contribution in [-0.2, 0) is 0 Å². The van der Waals surface area contributed by atoms with E-state index in [1.807, 2.05) is 0 Å². The van der Waals surface area contributed by atoms with Gasteiger partial charge >= 0.3 is 5.69 Å². The standard InChI is InChI=1S/C9H12ClN3O/c10-8-11-7(12-9(14)13-8)6-4-2-1-3-5-6/h6H,1-5H2,(H,11,12,13,14). The summed E-state index contributed by atoms with van der Waals surface area (Å²) in [7, 11) is 0. The largest absolute Gasteiger partial charge is 0.349 e. The number of aromatic nitrogens is 3. The highest BCUT2D eigenvalue weighted by molar-refractivity contribution is 6.28. The normalized spacial score (nSPS) is 18.4. The molecule has 0 aromatic carbocycles. The number of hydrogen-bond acceptors (Lipinski definition) is 3. The van der Waals surface area contributed by atoms with E-state index in [0.717, 1.165) is 12.8 Å². The molecule has 1 saturated carbocycles. The first kappa shape index (κ1) is 9.65. The van der Waals surface area contributed by atoms with Crippen molar-refractivity contribution in [3.63, 3.8) is 0 Å². The van der Waals surface area contributed by atoms with Gasteiger partial charge in [0.2, 0.25) is 5.28 Å². The van der Waals surface area contributed by atoms with Crippen molar-refractivity contribution >= 4 is 11.6 Å². The lowest BCUT2D eigenvalue weighted by Gasteiger charge is -2.19. The van der Waals surface area contributed by atoms with Crippen LogP contribution in [0.5, 0.6) is 0 Å². The van der Waals surface area contributed by atoms with E-state index < -0.39 is 5.69 Å². The van der Waals surface area contributed by atoms with Gasteiger partial charge in [0.25, 0.3) is 0 Å². The maximum absolute atomic E-state index is 11.1. The Balaban J connectivity index is 2.26. The van der Waals surface area contributed by atoms with E-state index in [4.69, 9.17) is 11.6 Å². The second kappa shape index (κ2) is 4.09. The molecule has 1 fully saturated rings. The van der Waals surface area contributed by atoms with Crippen LogP contribution < -0.4 is 5.69 Å². The van der Waals surface area contributed by atoms with Gasteiger partial charge in [-0.25, -0.2) is 9.78 Å². The van der Waals surface area contributed by atoms with Gasteiger partial charge in [-0.05, 0) is 24.4 Å². The Bertz CT molecular complexity index is 371. The van der Waals surface area contributed by atoms with Gasteiger partial charge in [-0.1, -0.05) is 19.3 Å². The van der Waals surface area contributed by atoms with Crippen molar-refractivity contribution < 1.29 is 0 Å². The predicted octanol–water partition coefficient (Wildman–Crippen LogP) is 1.87. The van der Waals surface area contributed by atoms with Crippen LogP contribution in [0.4, 0.5) is 0 Å². The quantitative estimate of drug-likeness (QED) is 0.775. The van der Waals surface area contributed by atoms with Gasteiger partial charge in [0.15, 0.2) is 0 Å². The lowest BCUT2D eigenvalue weighted by atomic mass is 9.89. The lowest BCUT2D eigenvalue weighted by Crippen LogP contribution is -2.18. The molecule has 0 bridgehead atoms. The molecular weight excluding hydrogens is 202 g/mol. The molecule has 0 amide bonds. The molecule has 1 heterocycles. The first-order chi connectivity index (χ1) is 6.75. The zero-order chi connectivity index (χ0) is 9.97. The minimum Gasteiger partial charge on any atom is -0.294 e. The van der Waals surface area contributed by atoms with E-state index in [-0.39, 0.29) is 5.28 Å². The van der Waals surface area contributed by atoms with Crippen LogP contribution in [0.1, 0.15) is 43.8 Å². The van der Waals surface area contributed by atoms with Crippen molar-refractivity contribution in [3.8, 4) is 0 Å². The molecule has 4 nitrogen and oxygen atoms in total. The van der Waals surface area contributed by atoms with Gasteiger partial charge in [0.1, 0.15) is 5.82 Å². The number of nitrogens with one attached hydrogen (secondary N) is 1. The molecule has 0 spiro atoms. The molecule has 1 aliphatic rings. The van der Waals surface area contributed by atoms with Crippen molar-refractivity contribution in [1.82, 2.24) is 15.0 Å². The Morgan fingerprint density at radius 2 is 1.93 bits per heavy atom. The zero-order valence-corrected chi connectivity index (χ0v) is 8.55. The van der Waals surface area contributed by atoms with Gasteiger partial charge < -0.3 is 0 Å². The average molecular weight is 214 g/mol. The molecule has 1 aromatic heterocycles. The fourth-order valence-electron chi connectivity index (χ4n) is 1.94. The molecule has 76 valence electrons. The second-order valence-electron chi connectivity index (χ2n) is 3.64. The number of nitrogens with zero attached hydrogens (tertiary/aromatic N) is 2. The highest BCUT2D eigenvalue weighted by atomic mass is 35.5. The monoisotopic (exact) mass is 213 g/mol. The minimum atomic E-state index is -0.398. The maximum atomic E-state index is 11.1. The van der Waals surface area contributed by atoms with Gasteiger partial charge in [0.05, 0.1) is 0 Å². The number of H-pyrrole nitrogens is 1. The summed E-state index contributed by atoms with van der Waals surface area (Å²) in [6, 6.07) is 0. The van der Waals surface area contributed by atoms with Crippen LogP contribution >= 0.6 is 11.6 Å². The van der Waals surface area contributed by atoms with Gasteiger partial charge in [-0.15, -0.1) is 0 Å². The summed E-state index contributed by atoms with van der Waals surface area (Å²) in [6.45, 7) is 0. The summed E-state index contributed by atoms with van der Waals surface area (Å²) in [4.78, 5) is 21.2. The summed E-state index contributed by atoms with van der Waals surface area (Å²) in [6.07, 6.45) is 5.86. The number of rotatable bonds is 1. The third kappa shape index (κ3) is 2.12. The molecule has 0 aliphatic heterocycles. The van der Waals surface area contributed by atoms with Crippen molar-refractivity contribution in [1.29, 1.82) is 0 Å². The van der Waals surface area contributed by atoms with Crippen LogP contribution in [-0.4, -0.2) is 15.0 Å². The topological polar surface area (TPSA) is 58.6 Å². The van der Waals surface area contributed by atoms with E-state index >= 15 is 0 Å². The fourth-order valence-corrected chi connectivity index (χ4v) is 2.11. The first-order valence-corrected chi connectivity index (χ1v) is 5.27. The zero-order valence-electron chi connectivity index (χ0n) is 7.79. The van der Waals surface area contributed by atoms with Crippen LogP contribution in [0, 0.1) is 0 Å². The Kier molecular flexibility index (Phi) is 2.82. The highest BCUT2D eigenvalue weighted by Gasteiger charge is 2.18. The summed E-state index contributed by atoms with van der Waals surface area (Å²) in [5.74, 6) is 1.06. The minimum absolute atomic E-state index is 0.0503. The number of halogens is 1. The smallest absolute Gasteiger partial charge is 0.294 e. The second-order valence-corrected chi connectivity index (χ2v) is 3.98. The van der Waals surface area contributed by atoms with E-state index in [1.54, 1.807) is 0 Å². The van der Waals surface area contributed by atoms with E-state index in [9.17, 15) is 4.79 Å². The van der Waals surface area contributed by atoms with Crippen molar-refractivity contribution in [2.24, 2.45) is 0 Å². The summed E-state index contributed by atoms with van der Waals surface area (Å²) in [5, 5.41) is 0.0503. The van der Waals surface area contributed by atoms with Crippen LogP contribution in [0.15, 0.2) is 4.79 Å². The molecule has 0 saturated heterocycles. The molecule has 14 heavy (non-hydrogen) atoms. The molecule has 2 rings (SSSR count). The van der Waals surface area contributed by atoms with Gasteiger partial charge in [-0.2, -0.15) is 4.98 Å². The molecule has 1 aromatic rings. The van der Waals surface area contributed by atoms with Crippen LogP contribution in [0.25, 0.3) is 0 Å². The third-order valence-electron chi connectivity index (χ3n) is 2.63. The summed E-state index contributed by atoms with van der Waals surface area (Å²) >= 11 is 5.63. The molecule has 1 N–H and O–H groups in total. The molecular formula is C9H12ClN3O. The third-order valence-corrected chi connectivity index (χ3v) is 2.80. The molecule has 1 aliphatic carbocycles. The Hall–Kier alpha value is -0.900. The van der Waals surface area contributed by atoms with E-state index in [2.05, 4.69) is 15.0 Å². The number of hydrogen-bond donors (Lipinski definition) is 1. The van der Waals surface area contributed by atoms with Crippen LogP contribution in [0.3, 0.4) is 0 Å². The van der Waals surface area contributed by atoms with Crippen molar-refractivity contribution in [3.05, 3.63) is 21.6 Å². The molecule has 0 unspecified atom stereocenters. The number of aromatic amines is 1. The van der Waals surface area contributed by atoms with Crippen molar-refractivity contribution in [2.75, 3.05) is 0 Å². The van der Waals surface area contributed by atoms with E-state index in [0.29, 0.717) is 11.7 Å². The van der Waals surface area contributed by atoms with Crippen molar-refractivity contribution in [2.45, 2.75) is 38.0 Å². The van der Waals surface area contributed by atoms with E-state index in [1.165, 1.54) is 19.3 Å². The lowest BCUT2D eigenvalue weighted by molar-refractivity contribution is 0.426. The first-order valence-electron chi connectivity index (χ1n) is 4.89. The Labute approximate surface area is 86.7 Å². The Morgan fingerprint density at radius 3 is 2.57 bits per heavy atom. The maximum Gasteiger partial charge on any atom is 0.349 e. The predicted molar refractivity (Wildman–Crippen MR) is 53.5 cm³/mol. The summed E-state index contributed by atoms with van der Waals surface area (Å²) < 4.78 is 0. The van der Waals surface area contributed by atoms with Crippen LogP contribution in [0.2, 0.25) is 5.28 Å². The molecule has 0 atom stereocenters.